The highest BCUT2D eigenvalue weighted by Gasteiger charge is 2.02. The van der Waals surface area contributed by atoms with Crippen LogP contribution in [-0.2, 0) is 13.6 Å². The lowest BCUT2D eigenvalue weighted by Gasteiger charge is -2.11. The number of nitrogens with one attached hydrogen (secondary N) is 2. The average Bonchev–Trinajstić information content (AvgIpc) is 3.14. The van der Waals surface area contributed by atoms with E-state index < -0.39 is 0 Å². The van der Waals surface area contributed by atoms with Crippen molar-refractivity contribution in [3.63, 3.8) is 0 Å². The van der Waals surface area contributed by atoms with Crippen LogP contribution in [-0.4, -0.2) is 45.1 Å². The molecule has 10 heteroatoms. The summed E-state index contributed by atoms with van der Waals surface area (Å²) in [4.78, 5) is 12.6. The molecule has 0 bridgehead atoms. The first kappa shape index (κ1) is 19.2. The van der Waals surface area contributed by atoms with E-state index in [0.29, 0.717) is 6.54 Å². The fourth-order valence-corrected chi connectivity index (χ4v) is 3.23. The van der Waals surface area contributed by atoms with Crippen molar-refractivity contribution in [3.8, 4) is 0 Å². The number of nitrogens with zero attached hydrogens (tertiary/aromatic N) is 5. The Kier molecular flexibility index (Phi) is 9.39. The van der Waals surface area contributed by atoms with Crippen molar-refractivity contribution in [1.82, 2.24) is 30.4 Å². The molecule has 0 atom stereocenters. The van der Waals surface area contributed by atoms with Crippen LogP contribution >= 0.6 is 47.1 Å². The van der Waals surface area contributed by atoms with Crippen molar-refractivity contribution >= 4 is 53.0 Å². The van der Waals surface area contributed by atoms with Crippen molar-refractivity contribution in [2.45, 2.75) is 17.3 Å². The van der Waals surface area contributed by atoms with Crippen molar-refractivity contribution < 1.29 is 0 Å². The van der Waals surface area contributed by atoms with Crippen LogP contribution in [0.4, 0.5) is 0 Å². The Hall–Kier alpha value is -0.880. The second kappa shape index (κ2) is 10.8. The van der Waals surface area contributed by atoms with Crippen LogP contribution in [0.5, 0.6) is 0 Å². The first-order chi connectivity index (χ1) is 10.3. The van der Waals surface area contributed by atoms with E-state index in [1.807, 2.05) is 18.6 Å². The van der Waals surface area contributed by atoms with E-state index in [-0.39, 0.29) is 24.0 Å². The van der Waals surface area contributed by atoms with Gasteiger partial charge in [-0.05, 0) is 6.42 Å². The zero-order valence-electron chi connectivity index (χ0n) is 12.5. The number of thioether (sulfide) groups is 1. The van der Waals surface area contributed by atoms with E-state index >= 15 is 0 Å². The van der Waals surface area contributed by atoms with Gasteiger partial charge in [-0.2, -0.15) is 5.10 Å². The molecule has 0 unspecified atom stereocenters. The molecule has 122 valence electrons. The number of aryl methyl sites for hydroxylation is 1. The van der Waals surface area contributed by atoms with E-state index in [1.165, 1.54) is 0 Å². The largest absolute Gasteiger partial charge is 0.356 e. The third-order valence-corrected chi connectivity index (χ3v) is 4.74. The molecule has 0 fully saturated rings. The van der Waals surface area contributed by atoms with Crippen LogP contribution in [0.1, 0.15) is 12.2 Å². The van der Waals surface area contributed by atoms with Gasteiger partial charge in [0.25, 0.3) is 0 Å². The summed E-state index contributed by atoms with van der Waals surface area (Å²) >= 11 is 3.47. The number of hydrogen-bond donors (Lipinski definition) is 2. The van der Waals surface area contributed by atoms with Gasteiger partial charge in [0.05, 0.1) is 6.54 Å². The number of thiazole rings is 1. The van der Waals surface area contributed by atoms with Gasteiger partial charge >= 0.3 is 0 Å². The van der Waals surface area contributed by atoms with Crippen LogP contribution in [0.25, 0.3) is 0 Å². The summed E-state index contributed by atoms with van der Waals surface area (Å²) in [6.45, 7) is 1.47. The molecular weight excluding hydrogens is 433 g/mol. The van der Waals surface area contributed by atoms with Gasteiger partial charge in [0.1, 0.15) is 16.5 Å². The molecule has 0 spiro atoms. The third-order valence-electron chi connectivity index (χ3n) is 2.69. The van der Waals surface area contributed by atoms with Crippen LogP contribution in [0, 0.1) is 0 Å². The van der Waals surface area contributed by atoms with Crippen molar-refractivity contribution in [1.29, 1.82) is 0 Å². The second-order valence-corrected chi connectivity index (χ2v) is 6.39. The minimum atomic E-state index is 0. The quantitative estimate of drug-likeness (QED) is 0.219. The number of rotatable bonds is 7. The van der Waals surface area contributed by atoms with Crippen molar-refractivity contribution in [2.75, 3.05) is 19.3 Å². The maximum absolute atomic E-state index is 4.24. The zero-order valence-corrected chi connectivity index (χ0v) is 16.5. The lowest BCUT2D eigenvalue weighted by molar-refractivity contribution is 0.672. The minimum absolute atomic E-state index is 0. The molecule has 0 aliphatic carbocycles. The lowest BCUT2D eigenvalue weighted by Crippen LogP contribution is -2.38. The molecule has 2 rings (SSSR count). The molecule has 0 amide bonds. The summed E-state index contributed by atoms with van der Waals surface area (Å²) in [5.41, 5.74) is 0. The van der Waals surface area contributed by atoms with Gasteiger partial charge in [-0.3, -0.25) is 9.67 Å². The number of halogens is 1. The standard InChI is InChI=1S/C12H19N7S2.HI/c1-13-11(16-8-10-17-9-18-19(10)2)14-4-3-6-20-12-15-5-7-21-12;/h5,7,9H,3-4,6,8H2,1-2H3,(H2,13,14,16);1H. The number of aromatic nitrogens is 4. The molecule has 0 radical (unpaired) electrons. The minimum Gasteiger partial charge on any atom is -0.356 e. The molecule has 2 heterocycles. The summed E-state index contributed by atoms with van der Waals surface area (Å²) in [6, 6.07) is 0. The van der Waals surface area contributed by atoms with Crippen molar-refractivity contribution in [3.05, 3.63) is 23.7 Å². The SMILES string of the molecule is CN=C(NCCCSc1nccs1)NCc1ncnn1C.I. The molecule has 0 aliphatic heterocycles. The summed E-state index contributed by atoms with van der Waals surface area (Å²) in [6.07, 6.45) is 4.43. The number of aliphatic imine (C=N–C) groups is 1. The third kappa shape index (κ3) is 6.48. The zero-order chi connectivity index (χ0) is 14.9. The average molecular weight is 453 g/mol. The molecule has 7 nitrogen and oxygen atoms in total. The fourth-order valence-electron chi connectivity index (χ4n) is 1.58. The predicted molar refractivity (Wildman–Crippen MR) is 102 cm³/mol. The highest BCUT2D eigenvalue weighted by molar-refractivity contribution is 14.0. The Bertz CT molecular complexity index is 556. The highest BCUT2D eigenvalue weighted by atomic mass is 127. The summed E-state index contributed by atoms with van der Waals surface area (Å²) in [7, 11) is 3.63. The van der Waals surface area contributed by atoms with Gasteiger partial charge in [-0.25, -0.2) is 9.97 Å². The normalized spacial score (nSPS) is 11.1. The van der Waals surface area contributed by atoms with Crippen LogP contribution in [0.2, 0.25) is 0 Å². The highest BCUT2D eigenvalue weighted by Crippen LogP contribution is 2.20. The molecular formula is C12H20IN7S2. The number of hydrogen-bond acceptors (Lipinski definition) is 6. The topological polar surface area (TPSA) is 80.0 Å². The molecule has 2 aromatic rings. The molecule has 0 saturated carbocycles. The van der Waals surface area contributed by atoms with Crippen LogP contribution in [0.15, 0.2) is 27.2 Å². The Labute approximate surface area is 155 Å². The van der Waals surface area contributed by atoms with Gasteiger partial charge in [-0.15, -0.1) is 35.3 Å². The predicted octanol–water partition coefficient (Wildman–Crippen LogP) is 1.74. The Morgan fingerprint density at radius 1 is 1.41 bits per heavy atom. The van der Waals surface area contributed by atoms with Gasteiger partial charge < -0.3 is 10.6 Å². The maximum atomic E-state index is 4.24. The Morgan fingerprint density at radius 3 is 2.91 bits per heavy atom. The van der Waals surface area contributed by atoms with E-state index in [4.69, 9.17) is 0 Å². The van der Waals surface area contributed by atoms with E-state index in [9.17, 15) is 0 Å². The number of guanidine groups is 1. The van der Waals surface area contributed by atoms with E-state index in [0.717, 1.165) is 34.8 Å². The van der Waals surface area contributed by atoms with Crippen molar-refractivity contribution in [2.24, 2.45) is 12.0 Å². The molecule has 22 heavy (non-hydrogen) atoms. The van der Waals surface area contributed by atoms with Gasteiger partial charge in [0.15, 0.2) is 5.96 Å². The smallest absolute Gasteiger partial charge is 0.191 e. The van der Waals surface area contributed by atoms with E-state index in [1.54, 1.807) is 41.2 Å². The Balaban J connectivity index is 0.00000242. The molecule has 2 N–H and O–H groups in total. The molecule has 0 aliphatic rings. The summed E-state index contributed by atoms with van der Waals surface area (Å²) in [5.74, 6) is 2.69. The maximum Gasteiger partial charge on any atom is 0.191 e. The van der Waals surface area contributed by atoms with Gasteiger partial charge in [-0.1, -0.05) is 11.8 Å². The molecule has 0 aromatic carbocycles. The van der Waals surface area contributed by atoms with Crippen LogP contribution < -0.4 is 10.6 Å². The summed E-state index contributed by atoms with van der Waals surface area (Å²) < 4.78 is 2.87. The summed E-state index contributed by atoms with van der Waals surface area (Å²) in [5, 5.41) is 12.5. The van der Waals surface area contributed by atoms with E-state index in [2.05, 4.69) is 30.7 Å². The molecule has 0 saturated heterocycles. The monoisotopic (exact) mass is 453 g/mol. The van der Waals surface area contributed by atoms with Crippen LogP contribution in [0.3, 0.4) is 0 Å². The Morgan fingerprint density at radius 2 is 2.27 bits per heavy atom. The first-order valence-electron chi connectivity index (χ1n) is 6.59. The lowest BCUT2D eigenvalue weighted by atomic mass is 10.5. The second-order valence-electron chi connectivity index (χ2n) is 4.15. The first-order valence-corrected chi connectivity index (χ1v) is 8.46. The van der Waals surface area contributed by atoms with Gasteiger partial charge in [0, 0.05) is 38.0 Å². The van der Waals surface area contributed by atoms with Gasteiger partial charge in [0.2, 0.25) is 0 Å². The molecule has 2 aromatic heterocycles. The fraction of sp³-hybridized carbons (Fsp3) is 0.500.